The highest BCUT2D eigenvalue weighted by Crippen LogP contribution is 2.40. The summed E-state index contributed by atoms with van der Waals surface area (Å²) < 4.78 is 0. The molecule has 1 aromatic carbocycles. The van der Waals surface area contributed by atoms with E-state index >= 15 is 0 Å². The van der Waals surface area contributed by atoms with Gasteiger partial charge in [-0.2, -0.15) is 0 Å². The number of aryl methyl sites for hydroxylation is 1. The second-order valence-corrected chi connectivity index (χ2v) is 11.3. The number of hydrogen-bond acceptors (Lipinski definition) is 2. The Kier molecular flexibility index (Phi) is 7.21. The van der Waals surface area contributed by atoms with Crippen molar-refractivity contribution >= 4 is 23.6 Å². The van der Waals surface area contributed by atoms with E-state index in [2.05, 4.69) is 46.0 Å². The Bertz CT molecular complexity index is 883. The number of benzene rings is 1. The fraction of sp³-hybridized carbons (Fsp3) is 0.600. The number of carbonyl (C=O) groups is 2. The lowest BCUT2D eigenvalue weighted by molar-refractivity contribution is -0.139. The first-order valence-electron chi connectivity index (χ1n) is 10.9. The van der Waals surface area contributed by atoms with Gasteiger partial charge in [0.15, 0.2) is 0 Å². The van der Waals surface area contributed by atoms with Gasteiger partial charge in [-0.25, -0.2) is 4.79 Å². The number of nitrogens with zero attached hydrogens (tertiary/aromatic N) is 1. The SMILES string of the molecule is CC(C)C1=CN(C(C)(C)CC(=O)O)C(=O)N[C@@]1(C)c1ccc(CCC(C)(C)C)c(Cl)c1. The van der Waals surface area contributed by atoms with Gasteiger partial charge in [-0.1, -0.05) is 58.4 Å². The molecular weight excluding hydrogens is 412 g/mol. The van der Waals surface area contributed by atoms with Gasteiger partial charge in [0.25, 0.3) is 0 Å². The fourth-order valence-electron chi connectivity index (χ4n) is 4.11. The highest BCUT2D eigenvalue weighted by Gasteiger charge is 2.44. The van der Waals surface area contributed by atoms with Crippen LogP contribution < -0.4 is 5.32 Å². The molecule has 31 heavy (non-hydrogen) atoms. The molecule has 1 atom stereocenters. The first kappa shape index (κ1) is 25.3. The number of carboxylic acid groups (broad SMARTS) is 1. The van der Waals surface area contributed by atoms with Gasteiger partial charge in [0.1, 0.15) is 0 Å². The first-order chi connectivity index (χ1) is 14.1. The molecule has 0 radical (unpaired) electrons. The standard InChI is InChI=1S/C25H37ClN2O3/c1-16(2)19-15-28(24(6,7)14-21(29)30)22(31)27-25(19,8)18-10-9-17(20(26)13-18)11-12-23(3,4)5/h9-10,13,15-16H,11-12,14H2,1-8H3,(H,27,31)(H,29,30)/t25-/m0/s1. The van der Waals surface area contributed by atoms with Crippen molar-refractivity contribution in [2.75, 3.05) is 0 Å². The molecular formula is C25H37ClN2O3. The molecule has 0 saturated heterocycles. The lowest BCUT2D eigenvalue weighted by Crippen LogP contribution is -2.59. The molecule has 2 N–H and O–H groups in total. The Morgan fingerprint density at radius 3 is 2.32 bits per heavy atom. The quantitative estimate of drug-likeness (QED) is 0.510. The second-order valence-electron chi connectivity index (χ2n) is 10.9. The molecule has 1 heterocycles. The lowest BCUT2D eigenvalue weighted by Gasteiger charge is -2.46. The number of nitrogens with one attached hydrogen (secondary N) is 1. The normalized spacial score (nSPS) is 20.0. The Morgan fingerprint density at radius 1 is 1.23 bits per heavy atom. The predicted octanol–water partition coefficient (Wildman–Crippen LogP) is 6.35. The zero-order valence-electron chi connectivity index (χ0n) is 20.1. The minimum atomic E-state index is -0.941. The largest absolute Gasteiger partial charge is 0.481 e. The third kappa shape index (κ3) is 5.82. The van der Waals surface area contributed by atoms with Crippen molar-refractivity contribution in [3.63, 3.8) is 0 Å². The average Bonchev–Trinajstić information content (AvgIpc) is 2.58. The van der Waals surface area contributed by atoms with E-state index in [4.69, 9.17) is 11.6 Å². The van der Waals surface area contributed by atoms with Crippen LogP contribution in [0, 0.1) is 11.3 Å². The predicted molar refractivity (Wildman–Crippen MR) is 126 cm³/mol. The number of urea groups is 1. The number of aliphatic carboxylic acids is 1. The summed E-state index contributed by atoms with van der Waals surface area (Å²) in [5.41, 5.74) is 1.67. The number of amides is 2. The van der Waals surface area contributed by atoms with Crippen LogP contribution >= 0.6 is 11.6 Å². The molecule has 5 nitrogen and oxygen atoms in total. The maximum absolute atomic E-state index is 13.1. The summed E-state index contributed by atoms with van der Waals surface area (Å²) in [5.74, 6) is -0.809. The number of carbonyl (C=O) groups excluding carboxylic acids is 1. The van der Waals surface area contributed by atoms with Crippen LogP contribution in [0.4, 0.5) is 4.79 Å². The molecule has 0 fully saturated rings. The van der Waals surface area contributed by atoms with Crippen molar-refractivity contribution in [3.8, 4) is 0 Å². The maximum Gasteiger partial charge on any atom is 0.322 e. The molecule has 1 aliphatic heterocycles. The highest BCUT2D eigenvalue weighted by molar-refractivity contribution is 6.31. The van der Waals surface area contributed by atoms with Crippen molar-refractivity contribution in [2.45, 2.75) is 85.7 Å². The molecule has 0 aliphatic carbocycles. The van der Waals surface area contributed by atoms with Crippen LogP contribution in [0.2, 0.25) is 5.02 Å². The van der Waals surface area contributed by atoms with Gasteiger partial charge < -0.3 is 10.4 Å². The molecule has 0 aromatic heterocycles. The van der Waals surface area contributed by atoms with E-state index in [1.54, 1.807) is 13.8 Å². The van der Waals surface area contributed by atoms with Gasteiger partial charge in [0.2, 0.25) is 0 Å². The van der Waals surface area contributed by atoms with Crippen LogP contribution in [0.25, 0.3) is 0 Å². The monoisotopic (exact) mass is 448 g/mol. The molecule has 6 heteroatoms. The Hall–Kier alpha value is -2.01. The molecule has 0 spiro atoms. The second kappa shape index (κ2) is 8.85. The smallest absolute Gasteiger partial charge is 0.322 e. The van der Waals surface area contributed by atoms with Crippen LogP contribution in [-0.4, -0.2) is 27.5 Å². The number of rotatable bonds is 7. The van der Waals surface area contributed by atoms with Crippen LogP contribution in [-0.2, 0) is 16.8 Å². The third-order valence-corrected chi connectivity index (χ3v) is 6.41. The third-order valence-electron chi connectivity index (χ3n) is 6.05. The van der Waals surface area contributed by atoms with Crippen LogP contribution in [0.1, 0.15) is 79.4 Å². The van der Waals surface area contributed by atoms with E-state index in [0.717, 1.165) is 29.5 Å². The average molecular weight is 449 g/mol. The van der Waals surface area contributed by atoms with E-state index in [1.165, 1.54) is 4.90 Å². The van der Waals surface area contributed by atoms with Gasteiger partial charge in [-0.05, 0) is 67.7 Å². The highest BCUT2D eigenvalue weighted by atomic mass is 35.5. The molecule has 1 aromatic rings. The van der Waals surface area contributed by atoms with E-state index in [-0.39, 0.29) is 23.8 Å². The summed E-state index contributed by atoms with van der Waals surface area (Å²) in [7, 11) is 0. The van der Waals surface area contributed by atoms with Gasteiger partial charge in [-0.3, -0.25) is 9.69 Å². The number of carboxylic acids is 1. The molecule has 172 valence electrons. The minimum absolute atomic E-state index is 0.132. The molecule has 0 bridgehead atoms. The fourth-order valence-corrected chi connectivity index (χ4v) is 4.39. The van der Waals surface area contributed by atoms with E-state index in [9.17, 15) is 14.7 Å². The number of hydrogen-bond donors (Lipinski definition) is 2. The van der Waals surface area contributed by atoms with Crippen molar-refractivity contribution in [2.24, 2.45) is 11.3 Å². The van der Waals surface area contributed by atoms with Crippen LogP contribution in [0.3, 0.4) is 0 Å². The number of halogens is 1. The van der Waals surface area contributed by atoms with Crippen molar-refractivity contribution < 1.29 is 14.7 Å². The van der Waals surface area contributed by atoms with Crippen LogP contribution in [0.5, 0.6) is 0 Å². The zero-order valence-corrected chi connectivity index (χ0v) is 20.9. The van der Waals surface area contributed by atoms with Gasteiger partial charge in [-0.15, -0.1) is 0 Å². The molecule has 0 unspecified atom stereocenters. The lowest BCUT2D eigenvalue weighted by atomic mass is 9.77. The summed E-state index contributed by atoms with van der Waals surface area (Å²) in [5, 5.41) is 13.1. The minimum Gasteiger partial charge on any atom is -0.481 e. The summed E-state index contributed by atoms with van der Waals surface area (Å²) in [4.78, 5) is 25.9. The Labute approximate surface area is 191 Å². The van der Waals surface area contributed by atoms with E-state index < -0.39 is 17.0 Å². The summed E-state index contributed by atoms with van der Waals surface area (Å²) >= 11 is 6.65. The summed E-state index contributed by atoms with van der Waals surface area (Å²) in [6, 6.07) is 5.73. The van der Waals surface area contributed by atoms with E-state index in [0.29, 0.717) is 5.02 Å². The van der Waals surface area contributed by atoms with Gasteiger partial charge in [0.05, 0.1) is 17.5 Å². The molecule has 2 rings (SSSR count). The van der Waals surface area contributed by atoms with Crippen LogP contribution in [0.15, 0.2) is 30.0 Å². The first-order valence-corrected chi connectivity index (χ1v) is 11.3. The molecule has 1 aliphatic rings. The molecule has 0 saturated carbocycles. The molecule has 2 amide bonds. The summed E-state index contributed by atoms with van der Waals surface area (Å²) in [6.45, 7) is 16.3. The maximum atomic E-state index is 13.1. The zero-order chi connectivity index (χ0) is 23.8. The Balaban J connectivity index is 2.46. The van der Waals surface area contributed by atoms with Gasteiger partial charge in [0, 0.05) is 11.2 Å². The van der Waals surface area contributed by atoms with Crippen molar-refractivity contribution in [1.82, 2.24) is 10.2 Å². The van der Waals surface area contributed by atoms with Gasteiger partial charge >= 0.3 is 12.0 Å². The van der Waals surface area contributed by atoms with E-state index in [1.807, 2.05) is 25.3 Å². The summed E-state index contributed by atoms with van der Waals surface area (Å²) in [6.07, 6.45) is 3.61. The van der Waals surface area contributed by atoms with Crippen molar-refractivity contribution in [1.29, 1.82) is 0 Å². The Morgan fingerprint density at radius 2 is 1.84 bits per heavy atom. The topological polar surface area (TPSA) is 69.6 Å². The van der Waals surface area contributed by atoms with Crippen molar-refractivity contribution in [3.05, 3.63) is 46.1 Å².